The van der Waals surface area contributed by atoms with Gasteiger partial charge in [-0.25, -0.2) is 9.78 Å². The number of urea groups is 1. The average molecular weight is 329 g/mol. The number of terminal acetylenes is 1. The highest BCUT2D eigenvalue weighted by atomic mass is 32.1. The molecule has 0 radical (unpaired) electrons. The van der Waals surface area contributed by atoms with Crippen LogP contribution in [0, 0.1) is 12.3 Å². The molecule has 0 unspecified atom stereocenters. The number of anilines is 1. The van der Waals surface area contributed by atoms with Crippen LogP contribution in [0.5, 0.6) is 5.75 Å². The summed E-state index contributed by atoms with van der Waals surface area (Å²) in [5.41, 5.74) is 0.657. The molecule has 2 aromatic rings. The van der Waals surface area contributed by atoms with E-state index in [0.29, 0.717) is 18.0 Å². The predicted octanol–water partition coefficient (Wildman–Crippen LogP) is 3.38. The molecule has 5 nitrogen and oxygen atoms in total. The SMILES string of the molecule is C#CCOc1cccc(NC(=O)N(C)Cc2ncc(CC)s2)c1. The van der Waals surface area contributed by atoms with E-state index in [2.05, 4.69) is 23.1 Å². The normalized spacial score (nSPS) is 9.96. The highest BCUT2D eigenvalue weighted by Crippen LogP contribution is 2.18. The van der Waals surface area contributed by atoms with Gasteiger partial charge in [0.2, 0.25) is 0 Å². The van der Waals surface area contributed by atoms with Crippen molar-refractivity contribution in [1.82, 2.24) is 9.88 Å². The molecule has 0 spiro atoms. The van der Waals surface area contributed by atoms with Gasteiger partial charge in [-0.05, 0) is 18.6 Å². The van der Waals surface area contributed by atoms with Gasteiger partial charge in [-0.3, -0.25) is 0 Å². The zero-order valence-corrected chi connectivity index (χ0v) is 14.0. The molecule has 0 atom stereocenters. The first-order valence-corrected chi connectivity index (χ1v) is 8.06. The van der Waals surface area contributed by atoms with Crippen LogP contribution in [0.2, 0.25) is 0 Å². The van der Waals surface area contributed by atoms with E-state index in [1.165, 1.54) is 4.88 Å². The first kappa shape index (κ1) is 16.8. The van der Waals surface area contributed by atoms with E-state index in [0.717, 1.165) is 11.4 Å². The fourth-order valence-corrected chi connectivity index (χ4v) is 2.78. The van der Waals surface area contributed by atoms with E-state index in [1.807, 2.05) is 6.20 Å². The van der Waals surface area contributed by atoms with Crippen LogP contribution in [0.1, 0.15) is 16.8 Å². The quantitative estimate of drug-likeness (QED) is 0.827. The van der Waals surface area contributed by atoms with Crippen LogP contribution in [0.15, 0.2) is 30.5 Å². The van der Waals surface area contributed by atoms with Crippen molar-refractivity contribution in [2.24, 2.45) is 0 Å². The summed E-state index contributed by atoms with van der Waals surface area (Å²) >= 11 is 1.62. The standard InChI is InChI=1S/C17H19N3O2S/c1-4-9-22-14-8-6-7-13(10-14)19-17(21)20(3)12-16-18-11-15(5-2)23-16/h1,6-8,10-11H,5,9,12H2,2-3H3,(H,19,21). The molecule has 1 aromatic carbocycles. The minimum atomic E-state index is -0.202. The van der Waals surface area contributed by atoms with Crippen LogP contribution in [0.25, 0.3) is 0 Å². The first-order valence-electron chi connectivity index (χ1n) is 7.24. The molecular formula is C17H19N3O2S. The van der Waals surface area contributed by atoms with Gasteiger partial charge in [-0.2, -0.15) is 0 Å². The zero-order valence-electron chi connectivity index (χ0n) is 13.2. The Bertz CT molecular complexity index is 706. The van der Waals surface area contributed by atoms with Crippen molar-refractivity contribution in [2.75, 3.05) is 19.0 Å². The highest BCUT2D eigenvalue weighted by Gasteiger charge is 2.12. The van der Waals surface area contributed by atoms with Crippen molar-refractivity contribution >= 4 is 23.1 Å². The first-order chi connectivity index (χ1) is 11.1. The number of benzene rings is 1. The zero-order chi connectivity index (χ0) is 16.7. The molecule has 0 aliphatic heterocycles. The van der Waals surface area contributed by atoms with Crippen LogP contribution >= 0.6 is 11.3 Å². The number of aromatic nitrogens is 1. The lowest BCUT2D eigenvalue weighted by Crippen LogP contribution is -2.30. The van der Waals surface area contributed by atoms with Gasteiger partial charge in [-0.15, -0.1) is 17.8 Å². The Morgan fingerprint density at radius 2 is 2.35 bits per heavy atom. The number of nitrogens with zero attached hydrogens (tertiary/aromatic N) is 2. The molecule has 0 fully saturated rings. The van der Waals surface area contributed by atoms with E-state index < -0.39 is 0 Å². The summed E-state index contributed by atoms with van der Waals surface area (Å²) in [6, 6.07) is 6.93. The maximum atomic E-state index is 12.2. The van der Waals surface area contributed by atoms with Gasteiger partial charge in [0.25, 0.3) is 0 Å². The van der Waals surface area contributed by atoms with Crippen molar-refractivity contribution in [3.05, 3.63) is 40.3 Å². The molecule has 1 aromatic heterocycles. The Morgan fingerprint density at radius 1 is 1.52 bits per heavy atom. The van der Waals surface area contributed by atoms with E-state index in [4.69, 9.17) is 11.2 Å². The number of nitrogens with one attached hydrogen (secondary N) is 1. The Labute approximate surface area is 140 Å². The summed E-state index contributed by atoms with van der Waals surface area (Å²) in [4.78, 5) is 19.4. The number of carbonyl (C=O) groups is 1. The lowest BCUT2D eigenvalue weighted by Gasteiger charge is -2.17. The lowest BCUT2D eigenvalue weighted by molar-refractivity contribution is 0.220. The van der Waals surface area contributed by atoms with Crippen LogP contribution in [0.3, 0.4) is 0 Å². The number of carbonyl (C=O) groups excluding carboxylic acids is 1. The van der Waals surface area contributed by atoms with Crippen LogP contribution in [-0.4, -0.2) is 29.6 Å². The third kappa shape index (κ3) is 5.01. The van der Waals surface area contributed by atoms with Gasteiger partial charge in [0, 0.05) is 29.9 Å². The van der Waals surface area contributed by atoms with E-state index in [9.17, 15) is 4.79 Å². The summed E-state index contributed by atoms with van der Waals surface area (Å²) in [5.74, 6) is 3.03. The third-order valence-corrected chi connectivity index (χ3v) is 4.20. The Balaban J connectivity index is 1.94. The summed E-state index contributed by atoms with van der Waals surface area (Å²) < 4.78 is 5.34. The molecule has 0 aliphatic rings. The number of rotatable bonds is 6. The van der Waals surface area contributed by atoms with Crippen molar-refractivity contribution in [3.63, 3.8) is 0 Å². The maximum absolute atomic E-state index is 12.2. The number of aryl methyl sites for hydroxylation is 1. The van der Waals surface area contributed by atoms with E-state index in [-0.39, 0.29) is 12.6 Å². The number of thiazole rings is 1. The van der Waals surface area contributed by atoms with Gasteiger partial charge in [0.05, 0.1) is 6.54 Å². The summed E-state index contributed by atoms with van der Waals surface area (Å²) in [5, 5.41) is 3.75. The largest absolute Gasteiger partial charge is 0.481 e. The lowest BCUT2D eigenvalue weighted by atomic mass is 10.3. The van der Waals surface area contributed by atoms with Crippen LogP contribution in [0.4, 0.5) is 10.5 Å². The molecule has 2 amide bonds. The van der Waals surface area contributed by atoms with Crippen molar-refractivity contribution < 1.29 is 9.53 Å². The molecule has 120 valence electrons. The van der Waals surface area contributed by atoms with Crippen molar-refractivity contribution in [2.45, 2.75) is 19.9 Å². The Kier molecular flexibility index (Phi) is 6.01. The second-order valence-corrected chi connectivity index (χ2v) is 6.08. The van der Waals surface area contributed by atoms with Crippen molar-refractivity contribution in [1.29, 1.82) is 0 Å². The van der Waals surface area contributed by atoms with E-state index in [1.54, 1.807) is 47.5 Å². The van der Waals surface area contributed by atoms with Gasteiger partial charge >= 0.3 is 6.03 Å². The molecular weight excluding hydrogens is 310 g/mol. The summed E-state index contributed by atoms with van der Waals surface area (Å²) in [7, 11) is 1.74. The fraction of sp³-hybridized carbons (Fsp3) is 0.294. The number of amides is 2. The maximum Gasteiger partial charge on any atom is 0.321 e. The molecule has 2 rings (SSSR count). The second kappa shape index (κ2) is 8.20. The number of hydrogen-bond acceptors (Lipinski definition) is 4. The average Bonchev–Trinajstić information content (AvgIpc) is 3.00. The topological polar surface area (TPSA) is 54.5 Å². The molecule has 0 saturated heterocycles. The second-order valence-electron chi connectivity index (χ2n) is 4.88. The minimum Gasteiger partial charge on any atom is -0.481 e. The monoisotopic (exact) mass is 329 g/mol. The molecule has 6 heteroatoms. The minimum absolute atomic E-state index is 0.196. The van der Waals surface area contributed by atoms with Crippen molar-refractivity contribution in [3.8, 4) is 18.1 Å². The van der Waals surface area contributed by atoms with Gasteiger partial charge in [0.1, 0.15) is 17.4 Å². The molecule has 1 N–H and O–H groups in total. The number of hydrogen-bond donors (Lipinski definition) is 1. The molecule has 0 saturated carbocycles. The van der Waals surface area contributed by atoms with Gasteiger partial charge < -0.3 is 15.0 Å². The smallest absolute Gasteiger partial charge is 0.321 e. The fourth-order valence-electron chi connectivity index (χ4n) is 1.87. The third-order valence-electron chi connectivity index (χ3n) is 3.08. The van der Waals surface area contributed by atoms with Gasteiger partial charge in [-0.1, -0.05) is 18.9 Å². The summed E-state index contributed by atoms with van der Waals surface area (Å²) in [6.07, 6.45) is 7.98. The predicted molar refractivity (Wildman–Crippen MR) is 92.7 cm³/mol. The van der Waals surface area contributed by atoms with Gasteiger partial charge in [0.15, 0.2) is 0 Å². The Morgan fingerprint density at radius 3 is 3.04 bits per heavy atom. The van der Waals surface area contributed by atoms with Crippen LogP contribution in [-0.2, 0) is 13.0 Å². The van der Waals surface area contributed by atoms with E-state index >= 15 is 0 Å². The molecule has 1 heterocycles. The molecule has 0 aliphatic carbocycles. The number of ether oxygens (including phenoxy) is 1. The van der Waals surface area contributed by atoms with Crippen LogP contribution < -0.4 is 10.1 Å². The summed E-state index contributed by atoms with van der Waals surface area (Å²) in [6.45, 7) is 2.76. The highest BCUT2D eigenvalue weighted by molar-refractivity contribution is 7.11. The molecule has 0 bridgehead atoms. The molecule has 23 heavy (non-hydrogen) atoms. The Hall–Kier alpha value is -2.52.